The van der Waals surface area contributed by atoms with E-state index in [-0.39, 0.29) is 24.2 Å². The number of anilines is 1. The number of benzene rings is 3. The molecule has 2 amide bonds. The zero-order chi connectivity index (χ0) is 20.8. The highest BCUT2D eigenvalue weighted by Gasteiger charge is 2.11. The van der Waals surface area contributed by atoms with E-state index in [1.165, 1.54) is 17.0 Å². The fourth-order valence-electron chi connectivity index (χ4n) is 2.67. The molecule has 5 nitrogen and oxygen atoms in total. The smallest absolute Gasteiger partial charge is 0.255 e. The van der Waals surface area contributed by atoms with Crippen LogP contribution in [0, 0.1) is 5.82 Å². The van der Waals surface area contributed by atoms with Crippen LogP contribution in [0.1, 0.15) is 26.3 Å². The molecule has 0 spiro atoms. The number of nitrogens with zero attached hydrogens (tertiary/aromatic N) is 1. The Labute approximate surface area is 168 Å². The minimum atomic E-state index is -0.313. The van der Waals surface area contributed by atoms with E-state index in [2.05, 4.69) is 5.32 Å². The molecule has 0 aliphatic carbocycles. The molecule has 1 N–H and O–H groups in total. The maximum Gasteiger partial charge on any atom is 0.255 e. The maximum atomic E-state index is 13.0. The summed E-state index contributed by atoms with van der Waals surface area (Å²) in [5.41, 5.74) is 2.26. The second-order valence-corrected chi connectivity index (χ2v) is 6.68. The first-order valence-corrected chi connectivity index (χ1v) is 9.03. The van der Waals surface area contributed by atoms with Crippen LogP contribution in [0.25, 0.3) is 0 Å². The van der Waals surface area contributed by atoms with Gasteiger partial charge in [-0.3, -0.25) is 9.59 Å². The summed E-state index contributed by atoms with van der Waals surface area (Å²) < 4.78 is 18.7. The van der Waals surface area contributed by atoms with E-state index in [1.807, 2.05) is 0 Å². The van der Waals surface area contributed by atoms with E-state index in [1.54, 1.807) is 74.8 Å². The van der Waals surface area contributed by atoms with Crippen LogP contribution in [0.3, 0.4) is 0 Å². The van der Waals surface area contributed by atoms with Gasteiger partial charge in [0, 0.05) is 30.9 Å². The number of carbonyl (C=O) groups is 2. The number of carbonyl (C=O) groups excluding carboxylic acids is 2. The molecule has 0 unspecified atom stereocenters. The van der Waals surface area contributed by atoms with Crippen molar-refractivity contribution in [3.8, 4) is 5.75 Å². The molecule has 3 rings (SSSR count). The Hall–Kier alpha value is -3.67. The van der Waals surface area contributed by atoms with Crippen LogP contribution < -0.4 is 10.1 Å². The molecule has 6 heteroatoms. The number of hydrogen-bond donors (Lipinski definition) is 1. The lowest BCUT2D eigenvalue weighted by molar-refractivity contribution is 0.0827. The number of hydrogen-bond acceptors (Lipinski definition) is 3. The van der Waals surface area contributed by atoms with E-state index in [0.29, 0.717) is 22.6 Å². The van der Waals surface area contributed by atoms with E-state index in [9.17, 15) is 14.0 Å². The van der Waals surface area contributed by atoms with Crippen LogP contribution in [0.2, 0.25) is 0 Å². The minimum absolute atomic E-state index is 0.141. The van der Waals surface area contributed by atoms with Gasteiger partial charge in [-0.1, -0.05) is 24.3 Å². The lowest BCUT2D eigenvalue weighted by Crippen LogP contribution is -2.22. The number of nitrogens with one attached hydrogen (secondary N) is 1. The summed E-state index contributed by atoms with van der Waals surface area (Å²) in [6, 6.07) is 19.6. The normalized spacial score (nSPS) is 10.3. The molecule has 0 bridgehead atoms. The van der Waals surface area contributed by atoms with Crippen molar-refractivity contribution in [2.75, 3.05) is 19.4 Å². The first-order valence-electron chi connectivity index (χ1n) is 9.03. The summed E-state index contributed by atoms with van der Waals surface area (Å²) in [7, 11) is 3.34. The van der Waals surface area contributed by atoms with Gasteiger partial charge in [0.15, 0.2) is 0 Å². The number of amides is 2. The third-order valence-corrected chi connectivity index (χ3v) is 4.19. The molecule has 0 saturated carbocycles. The van der Waals surface area contributed by atoms with Crippen molar-refractivity contribution in [3.63, 3.8) is 0 Å². The molecule has 0 fully saturated rings. The summed E-state index contributed by atoms with van der Waals surface area (Å²) in [4.78, 5) is 26.1. The predicted molar refractivity (Wildman–Crippen MR) is 110 cm³/mol. The molecule has 3 aromatic carbocycles. The average molecular weight is 392 g/mol. The second kappa shape index (κ2) is 9.01. The highest BCUT2D eigenvalue weighted by atomic mass is 19.1. The predicted octanol–water partition coefficient (Wildman–Crippen LogP) is 4.36. The van der Waals surface area contributed by atoms with Crippen LogP contribution >= 0.6 is 0 Å². The van der Waals surface area contributed by atoms with Crippen LogP contribution in [-0.4, -0.2) is 30.8 Å². The highest BCUT2D eigenvalue weighted by molar-refractivity contribution is 6.05. The van der Waals surface area contributed by atoms with Crippen LogP contribution in [0.5, 0.6) is 5.75 Å². The highest BCUT2D eigenvalue weighted by Crippen LogP contribution is 2.18. The van der Waals surface area contributed by atoms with Crippen LogP contribution in [0.15, 0.2) is 72.8 Å². The van der Waals surface area contributed by atoms with E-state index in [4.69, 9.17) is 4.74 Å². The molecule has 148 valence electrons. The van der Waals surface area contributed by atoms with E-state index in [0.717, 1.165) is 5.56 Å². The first-order chi connectivity index (χ1) is 13.9. The SMILES string of the molecule is CN(C)C(=O)c1cccc(NC(=O)c2cccc(OCc3ccc(F)cc3)c2)c1. The third kappa shape index (κ3) is 5.42. The van der Waals surface area contributed by atoms with Gasteiger partial charge >= 0.3 is 0 Å². The summed E-state index contributed by atoms with van der Waals surface area (Å²) in [6.45, 7) is 0.264. The van der Waals surface area contributed by atoms with Gasteiger partial charge in [0.2, 0.25) is 0 Å². The summed E-state index contributed by atoms with van der Waals surface area (Å²) in [5, 5.41) is 2.79. The Morgan fingerprint density at radius 2 is 1.62 bits per heavy atom. The van der Waals surface area contributed by atoms with Gasteiger partial charge < -0.3 is 15.0 Å². The Kier molecular flexibility index (Phi) is 6.24. The Morgan fingerprint density at radius 3 is 2.34 bits per heavy atom. The molecule has 0 heterocycles. The van der Waals surface area contributed by atoms with Crippen LogP contribution in [-0.2, 0) is 6.61 Å². The second-order valence-electron chi connectivity index (χ2n) is 6.68. The van der Waals surface area contributed by atoms with Gasteiger partial charge in [-0.25, -0.2) is 4.39 Å². The summed E-state index contributed by atoms with van der Waals surface area (Å²) in [5.74, 6) is -0.230. The largest absolute Gasteiger partial charge is 0.489 e. The Balaban J connectivity index is 1.67. The number of ether oxygens (including phenoxy) is 1. The van der Waals surface area contributed by atoms with Crippen molar-refractivity contribution in [1.29, 1.82) is 0 Å². The molecule has 0 aromatic heterocycles. The third-order valence-electron chi connectivity index (χ3n) is 4.19. The Morgan fingerprint density at radius 1 is 0.931 bits per heavy atom. The number of rotatable bonds is 6. The first kappa shape index (κ1) is 20.1. The molecule has 0 saturated heterocycles. The lowest BCUT2D eigenvalue weighted by atomic mass is 10.1. The van der Waals surface area contributed by atoms with Crippen LogP contribution in [0.4, 0.5) is 10.1 Å². The fourth-order valence-corrected chi connectivity index (χ4v) is 2.67. The van der Waals surface area contributed by atoms with Gasteiger partial charge in [0.1, 0.15) is 18.2 Å². The zero-order valence-corrected chi connectivity index (χ0v) is 16.2. The molecular formula is C23H21FN2O3. The molecule has 3 aromatic rings. The van der Waals surface area contributed by atoms with Crippen molar-refractivity contribution in [2.24, 2.45) is 0 Å². The fraction of sp³-hybridized carbons (Fsp3) is 0.130. The quantitative estimate of drug-likeness (QED) is 0.678. The monoisotopic (exact) mass is 392 g/mol. The van der Waals surface area contributed by atoms with E-state index < -0.39 is 0 Å². The molecular weight excluding hydrogens is 371 g/mol. The average Bonchev–Trinajstić information content (AvgIpc) is 2.73. The molecule has 0 atom stereocenters. The van der Waals surface area contributed by atoms with Gasteiger partial charge in [-0.15, -0.1) is 0 Å². The minimum Gasteiger partial charge on any atom is -0.489 e. The summed E-state index contributed by atoms with van der Waals surface area (Å²) in [6.07, 6.45) is 0. The molecule has 0 aliphatic heterocycles. The van der Waals surface area contributed by atoms with Gasteiger partial charge in [-0.05, 0) is 54.1 Å². The van der Waals surface area contributed by atoms with Crippen molar-refractivity contribution >= 4 is 17.5 Å². The lowest BCUT2D eigenvalue weighted by Gasteiger charge is -2.12. The van der Waals surface area contributed by atoms with Crippen molar-refractivity contribution < 1.29 is 18.7 Å². The zero-order valence-electron chi connectivity index (χ0n) is 16.2. The Bertz CT molecular complexity index is 1020. The standard InChI is InChI=1S/C23H21FN2O3/c1-26(2)23(28)18-6-3-7-20(13-18)25-22(27)17-5-4-8-21(14-17)29-15-16-9-11-19(24)12-10-16/h3-14H,15H2,1-2H3,(H,25,27). The molecule has 0 aliphatic rings. The maximum absolute atomic E-state index is 13.0. The molecule has 29 heavy (non-hydrogen) atoms. The van der Waals surface area contributed by atoms with Gasteiger partial charge in [-0.2, -0.15) is 0 Å². The van der Waals surface area contributed by atoms with Crippen molar-refractivity contribution in [2.45, 2.75) is 6.61 Å². The van der Waals surface area contributed by atoms with E-state index >= 15 is 0 Å². The van der Waals surface area contributed by atoms with Gasteiger partial charge in [0.05, 0.1) is 0 Å². The summed E-state index contributed by atoms with van der Waals surface area (Å²) >= 11 is 0. The molecule has 0 radical (unpaired) electrons. The van der Waals surface area contributed by atoms with Crippen molar-refractivity contribution in [3.05, 3.63) is 95.3 Å². The topological polar surface area (TPSA) is 58.6 Å². The number of halogens is 1. The van der Waals surface area contributed by atoms with Gasteiger partial charge in [0.25, 0.3) is 11.8 Å². The van der Waals surface area contributed by atoms with Crippen molar-refractivity contribution in [1.82, 2.24) is 4.90 Å².